The van der Waals surface area contributed by atoms with Gasteiger partial charge in [0, 0.05) is 26.2 Å². The van der Waals surface area contributed by atoms with Crippen molar-refractivity contribution < 1.29 is 19.5 Å². The second kappa shape index (κ2) is 6.68. The maximum Gasteiger partial charge on any atom is 0.317 e. The minimum Gasteiger partial charge on any atom is -0.480 e. The van der Waals surface area contributed by atoms with E-state index < -0.39 is 11.9 Å². The smallest absolute Gasteiger partial charge is 0.317 e. The molecule has 0 atom stereocenters. The van der Waals surface area contributed by atoms with Crippen LogP contribution in [0.3, 0.4) is 0 Å². The van der Waals surface area contributed by atoms with Crippen molar-refractivity contribution in [1.29, 1.82) is 0 Å². The Bertz CT molecular complexity index is 557. The average Bonchev–Trinajstić information content (AvgIpc) is 2.80. The van der Waals surface area contributed by atoms with Crippen molar-refractivity contribution in [1.82, 2.24) is 9.80 Å². The van der Waals surface area contributed by atoms with Gasteiger partial charge in [-0.2, -0.15) is 0 Å². The van der Waals surface area contributed by atoms with Crippen LogP contribution < -0.4 is 5.73 Å². The normalized spacial score (nSPS) is 16.5. The SMILES string of the molecule is NC(=O)c1ccc(C(=O)N2CCCN(CC(=O)O)CC2)s1. The molecule has 0 aromatic carbocycles. The van der Waals surface area contributed by atoms with Crippen LogP contribution in [0.25, 0.3) is 0 Å². The second-order valence-corrected chi connectivity index (χ2v) is 5.93. The van der Waals surface area contributed by atoms with Crippen molar-refractivity contribution in [3.63, 3.8) is 0 Å². The number of amides is 2. The van der Waals surface area contributed by atoms with Crippen molar-refractivity contribution in [3.8, 4) is 0 Å². The van der Waals surface area contributed by atoms with Crippen LogP contribution in [0.4, 0.5) is 0 Å². The summed E-state index contributed by atoms with van der Waals surface area (Å²) in [5, 5.41) is 8.80. The number of aliphatic carboxylic acids is 1. The number of hydrogen-bond acceptors (Lipinski definition) is 5. The fourth-order valence-corrected chi connectivity index (χ4v) is 3.09. The van der Waals surface area contributed by atoms with Gasteiger partial charge in [0.15, 0.2) is 0 Å². The number of primary amides is 1. The molecule has 0 radical (unpaired) electrons. The molecule has 21 heavy (non-hydrogen) atoms. The minimum atomic E-state index is -0.862. The van der Waals surface area contributed by atoms with Crippen LogP contribution in [-0.2, 0) is 4.79 Å². The molecular formula is C13H17N3O4S. The van der Waals surface area contributed by atoms with Crippen LogP contribution in [0.1, 0.15) is 25.8 Å². The number of rotatable bonds is 4. The van der Waals surface area contributed by atoms with E-state index in [0.717, 1.165) is 17.8 Å². The molecular weight excluding hydrogens is 294 g/mol. The Hall–Kier alpha value is -1.93. The van der Waals surface area contributed by atoms with Gasteiger partial charge in [0.25, 0.3) is 11.8 Å². The van der Waals surface area contributed by atoms with E-state index in [1.165, 1.54) is 0 Å². The summed E-state index contributed by atoms with van der Waals surface area (Å²) in [7, 11) is 0. The van der Waals surface area contributed by atoms with Crippen molar-refractivity contribution in [2.75, 3.05) is 32.7 Å². The largest absolute Gasteiger partial charge is 0.480 e. The highest BCUT2D eigenvalue weighted by atomic mass is 32.1. The van der Waals surface area contributed by atoms with Crippen molar-refractivity contribution in [3.05, 3.63) is 21.9 Å². The Morgan fingerprint density at radius 3 is 2.48 bits per heavy atom. The minimum absolute atomic E-state index is 0.00709. The monoisotopic (exact) mass is 311 g/mol. The predicted octanol–water partition coefficient (Wildman–Crippen LogP) is 0.0795. The highest BCUT2D eigenvalue weighted by Crippen LogP contribution is 2.18. The van der Waals surface area contributed by atoms with Crippen molar-refractivity contribution in [2.24, 2.45) is 5.73 Å². The molecule has 1 fully saturated rings. The first-order valence-corrected chi connectivity index (χ1v) is 7.42. The highest BCUT2D eigenvalue weighted by Gasteiger charge is 2.22. The summed E-state index contributed by atoms with van der Waals surface area (Å²) in [6.45, 7) is 2.25. The van der Waals surface area contributed by atoms with E-state index in [1.54, 1.807) is 17.0 Å². The molecule has 114 valence electrons. The third-order valence-electron chi connectivity index (χ3n) is 3.29. The van der Waals surface area contributed by atoms with E-state index in [4.69, 9.17) is 10.8 Å². The first-order valence-electron chi connectivity index (χ1n) is 6.60. The first-order chi connectivity index (χ1) is 9.97. The molecule has 0 saturated carbocycles. The summed E-state index contributed by atoms with van der Waals surface area (Å²) in [6.07, 6.45) is 0.729. The second-order valence-electron chi connectivity index (χ2n) is 4.84. The summed E-state index contributed by atoms with van der Waals surface area (Å²) >= 11 is 1.09. The summed E-state index contributed by atoms with van der Waals surface area (Å²) < 4.78 is 0. The molecule has 0 spiro atoms. The number of carboxylic acid groups (broad SMARTS) is 1. The van der Waals surface area contributed by atoms with Gasteiger partial charge in [-0.15, -0.1) is 11.3 Å². The van der Waals surface area contributed by atoms with E-state index in [9.17, 15) is 14.4 Å². The lowest BCUT2D eigenvalue weighted by Gasteiger charge is -2.20. The molecule has 2 heterocycles. The standard InChI is InChI=1S/C13H17N3O4S/c14-12(19)9-2-3-10(21-9)13(20)16-5-1-4-15(6-7-16)8-11(17)18/h2-3H,1,4-8H2,(H2,14,19)(H,17,18). The van der Waals surface area contributed by atoms with Gasteiger partial charge >= 0.3 is 5.97 Å². The molecule has 1 aliphatic rings. The molecule has 7 nitrogen and oxygen atoms in total. The van der Waals surface area contributed by atoms with Gasteiger partial charge in [-0.25, -0.2) is 0 Å². The Morgan fingerprint density at radius 1 is 1.14 bits per heavy atom. The van der Waals surface area contributed by atoms with E-state index in [2.05, 4.69) is 0 Å². The molecule has 0 unspecified atom stereocenters. The number of nitrogens with zero attached hydrogens (tertiary/aromatic N) is 2. The highest BCUT2D eigenvalue weighted by molar-refractivity contribution is 7.15. The van der Waals surface area contributed by atoms with Crippen molar-refractivity contribution >= 4 is 29.1 Å². The van der Waals surface area contributed by atoms with Gasteiger partial charge in [0.1, 0.15) is 0 Å². The third-order valence-corrected chi connectivity index (χ3v) is 4.38. The van der Waals surface area contributed by atoms with Crippen molar-refractivity contribution in [2.45, 2.75) is 6.42 Å². The Morgan fingerprint density at radius 2 is 1.86 bits per heavy atom. The topological polar surface area (TPSA) is 104 Å². The average molecular weight is 311 g/mol. The number of thiophene rings is 1. The van der Waals surface area contributed by atoms with Crippen LogP contribution >= 0.6 is 11.3 Å². The fraction of sp³-hybridized carbons (Fsp3) is 0.462. The van der Waals surface area contributed by atoms with Crippen LogP contribution in [-0.4, -0.2) is 65.4 Å². The number of carbonyl (C=O) groups is 3. The quantitative estimate of drug-likeness (QED) is 0.819. The van der Waals surface area contributed by atoms with Crippen LogP contribution in [0.2, 0.25) is 0 Å². The summed E-state index contributed by atoms with van der Waals surface area (Å²) in [4.78, 5) is 38.5. The molecule has 1 saturated heterocycles. The van der Waals surface area contributed by atoms with Crippen LogP contribution in [0, 0.1) is 0 Å². The molecule has 1 aromatic heterocycles. The summed E-state index contributed by atoms with van der Waals surface area (Å²) in [5.41, 5.74) is 5.18. The van der Waals surface area contributed by atoms with E-state index in [1.807, 2.05) is 4.90 Å². The Labute approximate surface area is 125 Å². The van der Waals surface area contributed by atoms with Gasteiger partial charge in [0.05, 0.1) is 16.3 Å². The lowest BCUT2D eigenvalue weighted by atomic mass is 10.3. The fourth-order valence-electron chi connectivity index (χ4n) is 2.26. The molecule has 0 bridgehead atoms. The molecule has 3 N–H and O–H groups in total. The summed E-state index contributed by atoms with van der Waals surface area (Å²) in [5.74, 6) is -1.54. The van der Waals surface area contributed by atoms with Gasteiger partial charge < -0.3 is 15.7 Å². The Kier molecular flexibility index (Phi) is 4.92. The number of hydrogen-bond donors (Lipinski definition) is 2. The molecule has 2 rings (SSSR count). The van der Waals surface area contributed by atoms with E-state index in [0.29, 0.717) is 35.9 Å². The maximum atomic E-state index is 12.4. The zero-order chi connectivity index (χ0) is 15.4. The zero-order valence-corrected chi connectivity index (χ0v) is 12.3. The molecule has 1 aliphatic heterocycles. The maximum absolute atomic E-state index is 12.4. The lowest BCUT2D eigenvalue weighted by molar-refractivity contribution is -0.138. The van der Waals surface area contributed by atoms with Gasteiger partial charge in [-0.1, -0.05) is 0 Å². The molecule has 0 aliphatic carbocycles. The molecule has 2 amide bonds. The number of carbonyl (C=O) groups excluding carboxylic acids is 2. The predicted molar refractivity (Wildman–Crippen MR) is 77.4 cm³/mol. The van der Waals surface area contributed by atoms with Gasteiger partial charge in [-0.05, 0) is 18.6 Å². The number of carboxylic acids is 1. The first kappa shape index (κ1) is 15.5. The lowest BCUT2D eigenvalue weighted by Crippen LogP contribution is -2.36. The number of nitrogens with two attached hydrogens (primary N) is 1. The van der Waals surface area contributed by atoms with Gasteiger partial charge in [-0.3, -0.25) is 19.3 Å². The Balaban J connectivity index is 1.99. The van der Waals surface area contributed by atoms with Crippen LogP contribution in [0.15, 0.2) is 12.1 Å². The zero-order valence-electron chi connectivity index (χ0n) is 11.4. The van der Waals surface area contributed by atoms with E-state index in [-0.39, 0.29) is 12.5 Å². The molecule has 1 aromatic rings. The van der Waals surface area contributed by atoms with E-state index >= 15 is 0 Å². The van der Waals surface area contributed by atoms with Gasteiger partial charge in [0.2, 0.25) is 0 Å². The third kappa shape index (κ3) is 4.02. The molecule has 8 heteroatoms. The van der Waals surface area contributed by atoms with Crippen LogP contribution in [0.5, 0.6) is 0 Å². The summed E-state index contributed by atoms with van der Waals surface area (Å²) in [6, 6.07) is 3.15.